The van der Waals surface area contributed by atoms with E-state index in [-0.39, 0.29) is 0 Å². The van der Waals surface area contributed by atoms with Crippen LogP contribution in [0.15, 0.2) is 23.4 Å². The van der Waals surface area contributed by atoms with Crippen LogP contribution in [0.4, 0.5) is 0 Å². The van der Waals surface area contributed by atoms with E-state index < -0.39 is 0 Å². The maximum Gasteiger partial charge on any atom is 0.0205 e. The van der Waals surface area contributed by atoms with Crippen molar-refractivity contribution < 1.29 is 0 Å². The average molecular weight is 245 g/mol. The standard InChI is InChI=1S/C17H27N/c1-11-13-7-8-14-16(15(11)12(13)2)18(5)10-6-9-17(14,3)4/h7-8,11-13,15H,6,9-10H2,1-5H3. The van der Waals surface area contributed by atoms with Crippen molar-refractivity contribution in [3.63, 3.8) is 0 Å². The summed E-state index contributed by atoms with van der Waals surface area (Å²) in [5, 5.41) is 0. The van der Waals surface area contributed by atoms with E-state index in [1.807, 2.05) is 0 Å². The van der Waals surface area contributed by atoms with Gasteiger partial charge in [0.05, 0.1) is 0 Å². The predicted octanol–water partition coefficient (Wildman–Crippen LogP) is 4.08. The predicted molar refractivity (Wildman–Crippen MR) is 77.1 cm³/mol. The summed E-state index contributed by atoms with van der Waals surface area (Å²) < 4.78 is 0. The van der Waals surface area contributed by atoms with Gasteiger partial charge in [-0.2, -0.15) is 0 Å². The number of nitrogens with zero attached hydrogens (tertiary/aromatic N) is 1. The van der Waals surface area contributed by atoms with Crippen molar-refractivity contribution >= 4 is 0 Å². The van der Waals surface area contributed by atoms with Crippen molar-refractivity contribution in [2.75, 3.05) is 13.6 Å². The molecule has 0 N–H and O–H groups in total. The molecule has 1 saturated carbocycles. The quantitative estimate of drug-likeness (QED) is 0.621. The van der Waals surface area contributed by atoms with E-state index >= 15 is 0 Å². The molecular weight excluding hydrogens is 218 g/mol. The zero-order chi connectivity index (χ0) is 13.1. The van der Waals surface area contributed by atoms with Crippen molar-refractivity contribution in [1.82, 2.24) is 4.90 Å². The molecular formula is C17H27N. The van der Waals surface area contributed by atoms with Crippen molar-refractivity contribution in [2.45, 2.75) is 40.5 Å². The third kappa shape index (κ3) is 1.52. The lowest BCUT2D eigenvalue weighted by molar-refractivity contribution is 0.0471. The minimum Gasteiger partial charge on any atom is -0.377 e. The van der Waals surface area contributed by atoms with Crippen LogP contribution in [0.1, 0.15) is 40.5 Å². The lowest BCUT2D eigenvalue weighted by atomic mass is 9.57. The molecule has 1 fully saturated rings. The number of rotatable bonds is 0. The van der Waals surface area contributed by atoms with Crippen LogP contribution >= 0.6 is 0 Å². The molecule has 2 bridgehead atoms. The molecule has 0 radical (unpaired) electrons. The highest BCUT2D eigenvalue weighted by Gasteiger charge is 2.49. The largest absolute Gasteiger partial charge is 0.377 e. The van der Waals surface area contributed by atoms with Gasteiger partial charge in [0.2, 0.25) is 0 Å². The Labute approximate surface area is 112 Å². The van der Waals surface area contributed by atoms with E-state index in [1.165, 1.54) is 19.4 Å². The van der Waals surface area contributed by atoms with Crippen LogP contribution in [-0.2, 0) is 0 Å². The van der Waals surface area contributed by atoms with E-state index in [9.17, 15) is 0 Å². The van der Waals surface area contributed by atoms with Crippen LogP contribution in [0, 0.1) is 29.1 Å². The fraction of sp³-hybridized carbons (Fsp3) is 0.765. The molecule has 4 rings (SSSR count). The first kappa shape index (κ1) is 12.3. The smallest absolute Gasteiger partial charge is 0.0205 e. The number of hydrogen-bond donors (Lipinski definition) is 0. The van der Waals surface area contributed by atoms with Gasteiger partial charge in [-0.15, -0.1) is 0 Å². The van der Waals surface area contributed by atoms with Crippen LogP contribution in [0.2, 0.25) is 0 Å². The van der Waals surface area contributed by atoms with Crippen molar-refractivity contribution in [3.8, 4) is 0 Å². The first-order chi connectivity index (χ1) is 8.43. The first-order valence-electron chi connectivity index (χ1n) is 7.57. The lowest BCUT2D eigenvalue weighted by Crippen LogP contribution is -2.46. The third-order valence-corrected chi connectivity index (χ3v) is 5.86. The summed E-state index contributed by atoms with van der Waals surface area (Å²) in [7, 11) is 2.31. The fourth-order valence-corrected chi connectivity index (χ4v) is 4.66. The van der Waals surface area contributed by atoms with E-state index in [0.717, 1.165) is 23.7 Å². The molecule has 100 valence electrons. The molecule has 1 heteroatoms. The number of allylic oxidation sites excluding steroid dienone is 4. The van der Waals surface area contributed by atoms with Gasteiger partial charge in [-0.3, -0.25) is 0 Å². The summed E-state index contributed by atoms with van der Waals surface area (Å²) in [6, 6.07) is 0. The zero-order valence-corrected chi connectivity index (χ0v) is 12.5. The molecule has 2 unspecified atom stereocenters. The molecule has 2 atom stereocenters. The molecule has 18 heavy (non-hydrogen) atoms. The van der Waals surface area contributed by atoms with Gasteiger partial charge in [0, 0.05) is 25.2 Å². The van der Waals surface area contributed by atoms with Crippen LogP contribution in [-0.4, -0.2) is 18.5 Å². The maximum atomic E-state index is 2.56. The fourth-order valence-electron chi connectivity index (χ4n) is 4.66. The van der Waals surface area contributed by atoms with Gasteiger partial charge >= 0.3 is 0 Å². The Bertz CT molecular complexity index is 405. The summed E-state index contributed by atoms with van der Waals surface area (Å²) in [6.07, 6.45) is 7.63. The van der Waals surface area contributed by atoms with Gasteiger partial charge < -0.3 is 4.90 Å². The third-order valence-electron chi connectivity index (χ3n) is 5.86. The Hall–Kier alpha value is -0.720. The summed E-state index contributed by atoms with van der Waals surface area (Å²) >= 11 is 0. The topological polar surface area (TPSA) is 3.24 Å². The van der Waals surface area contributed by atoms with E-state index in [2.05, 4.69) is 51.8 Å². The normalized spacial score (nSPS) is 41.9. The monoisotopic (exact) mass is 245 g/mol. The zero-order valence-electron chi connectivity index (χ0n) is 12.5. The van der Waals surface area contributed by atoms with Crippen molar-refractivity contribution in [2.24, 2.45) is 29.1 Å². The van der Waals surface area contributed by atoms with Gasteiger partial charge in [0.1, 0.15) is 0 Å². The van der Waals surface area contributed by atoms with Crippen LogP contribution < -0.4 is 0 Å². The molecule has 0 aromatic carbocycles. The van der Waals surface area contributed by atoms with Crippen LogP contribution in [0.5, 0.6) is 0 Å². The second kappa shape index (κ2) is 3.88. The Balaban J connectivity index is 2.13. The maximum absolute atomic E-state index is 2.56. The molecule has 3 aliphatic carbocycles. The van der Waals surface area contributed by atoms with Gasteiger partial charge in [-0.05, 0) is 41.6 Å². The molecule has 0 aromatic heterocycles. The Kier molecular flexibility index (Phi) is 2.66. The van der Waals surface area contributed by atoms with Crippen molar-refractivity contribution in [1.29, 1.82) is 0 Å². The van der Waals surface area contributed by atoms with E-state index in [1.54, 1.807) is 11.3 Å². The highest BCUT2D eigenvalue weighted by molar-refractivity contribution is 5.39. The van der Waals surface area contributed by atoms with Crippen molar-refractivity contribution in [3.05, 3.63) is 23.4 Å². The van der Waals surface area contributed by atoms with Gasteiger partial charge in [-0.1, -0.05) is 39.8 Å². The summed E-state index contributed by atoms with van der Waals surface area (Å²) in [5.41, 5.74) is 3.65. The van der Waals surface area contributed by atoms with Gasteiger partial charge in [0.25, 0.3) is 0 Å². The summed E-state index contributed by atoms with van der Waals surface area (Å²) in [6.45, 7) is 11.0. The second-order valence-corrected chi connectivity index (χ2v) is 7.39. The first-order valence-corrected chi connectivity index (χ1v) is 7.57. The molecule has 1 nitrogen and oxygen atoms in total. The summed E-state index contributed by atoms with van der Waals surface area (Å²) in [5.74, 6) is 3.27. The Morgan fingerprint density at radius 1 is 1.22 bits per heavy atom. The molecule has 1 aliphatic heterocycles. The Morgan fingerprint density at radius 3 is 2.56 bits per heavy atom. The van der Waals surface area contributed by atoms with Gasteiger partial charge in [0.15, 0.2) is 0 Å². The number of hydrogen-bond acceptors (Lipinski definition) is 1. The SMILES string of the molecule is CC1C2C=CC3=C(C1C2C)N(C)CCCC3(C)C. The average Bonchev–Trinajstić information content (AvgIpc) is 2.60. The Morgan fingerprint density at radius 2 is 1.89 bits per heavy atom. The minimum atomic E-state index is 0.355. The minimum absolute atomic E-state index is 0.355. The second-order valence-electron chi connectivity index (χ2n) is 7.39. The highest BCUT2D eigenvalue weighted by Crippen LogP contribution is 2.56. The highest BCUT2D eigenvalue weighted by atomic mass is 15.1. The van der Waals surface area contributed by atoms with Gasteiger partial charge in [-0.25, -0.2) is 0 Å². The van der Waals surface area contributed by atoms with Crippen LogP contribution in [0.25, 0.3) is 0 Å². The molecule has 1 heterocycles. The van der Waals surface area contributed by atoms with E-state index in [4.69, 9.17) is 0 Å². The molecule has 0 aromatic rings. The summed E-state index contributed by atoms with van der Waals surface area (Å²) in [4.78, 5) is 2.56. The molecule has 0 saturated heterocycles. The molecule has 4 aliphatic rings. The molecule has 0 spiro atoms. The molecule has 0 amide bonds. The van der Waals surface area contributed by atoms with Crippen LogP contribution in [0.3, 0.4) is 0 Å². The lowest BCUT2D eigenvalue weighted by Gasteiger charge is -2.50. The van der Waals surface area contributed by atoms with E-state index in [0.29, 0.717) is 5.41 Å².